The molecular weight excluding hydrogens is 276 g/mol. The molecule has 1 heterocycles. The van der Waals surface area contributed by atoms with Gasteiger partial charge in [0, 0.05) is 17.0 Å². The second kappa shape index (κ2) is 5.88. The number of carbonyl (C=O) groups is 2. The van der Waals surface area contributed by atoms with Crippen LogP contribution in [0.5, 0.6) is 0 Å². The summed E-state index contributed by atoms with van der Waals surface area (Å²) in [6.07, 6.45) is 4.55. The summed E-state index contributed by atoms with van der Waals surface area (Å²) in [5, 5.41) is 20.8. The van der Waals surface area contributed by atoms with Crippen LogP contribution in [0.4, 0.5) is 5.00 Å². The lowest BCUT2D eigenvalue weighted by atomic mass is 9.89. The Morgan fingerprint density at radius 1 is 1.50 bits per heavy atom. The van der Waals surface area contributed by atoms with Crippen LogP contribution in [0.3, 0.4) is 0 Å². The highest BCUT2D eigenvalue weighted by molar-refractivity contribution is 7.16. The minimum Gasteiger partial charge on any atom is -0.478 e. The number of nitriles is 1. The number of nitrogens with one attached hydrogen (secondary N) is 1. The summed E-state index contributed by atoms with van der Waals surface area (Å²) in [5.74, 6) is -1.13. The van der Waals surface area contributed by atoms with Crippen molar-refractivity contribution in [3.05, 3.63) is 28.2 Å². The Balaban J connectivity index is 2.23. The molecular formula is C14H14N2O3S. The van der Waals surface area contributed by atoms with E-state index in [-0.39, 0.29) is 0 Å². The summed E-state index contributed by atoms with van der Waals surface area (Å²) < 4.78 is 0. The van der Waals surface area contributed by atoms with Crippen molar-refractivity contribution < 1.29 is 14.7 Å². The van der Waals surface area contributed by atoms with Crippen LogP contribution < -0.4 is 5.32 Å². The molecule has 2 N–H and O–H groups in total. The Morgan fingerprint density at radius 2 is 2.25 bits per heavy atom. The van der Waals surface area contributed by atoms with Gasteiger partial charge in [-0.2, -0.15) is 5.26 Å². The standard InChI is InChI=1S/C14H14N2O3S/c1-8-2-3-9-10(7-15)14(20-11(9)6-8)16-12(17)4-5-13(18)19/h4-5,8H,2-3,6H2,1H3,(H,16,17)(H,18,19)/b5-4+. The second-order valence-electron chi connectivity index (χ2n) is 4.83. The van der Waals surface area contributed by atoms with Gasteiger partial charge < -0.3 is 10.4 Å². The second-order valence-corrected chi connectivity index (χ2v) is 5.93. The first-order chi connectivity index (χ1) is 9.51. The van der Waals surface area contributed by atoms with Gasteiger partial charge in [-0.25, -0.2) is 4.79 Å². The first kappa shape index (κ1) is 14.3. The lowest BCUT2D eigenvalue weighted by Crippen LogP contribution is -2.10. The molecule has 0 fully saturated rings. The minimum atomic E-state index is -1.18. The van der Waals surface area contributed by atoms with Crippen molar-refractivity contribution in [2.45, 2.75) is 26.2 Å². The number of carboxylic acids is 1. The Morgan fingerprint density at radius 3 is 2.90 bits per heavy atom. The van der Waals surface area contributed by atoms with E-state index >= 15 is 0 Å². The molecule has 20 heavy (non-hydrogen) atoms. The molecule has 0 spiro atoms. The zero-order valence-corrected chi connectivity index (χ0v) is 11.8. The molecule has 0 saturated carbocycles. The largest absolute Gasteiger partial charge is 0.478 e. The van der Waals surface area contributed by atoms with Gasteiger partial charge in [0.1, 0.15) is 11.1 Å². The molecule has 0 aliphatic heterocycles. The number of amides is 1. The van der Waals surface area contributed by atoms with Gasteiger partial charge in [0.15, 0.2) is 0 Å². The average Bonchev–Trinajstić information content (AvgIpc) is 2.72. The highest BCUT2D eigenvalue weighted by Crippen LogP contribution is 2.39. The van der Waals surface area contributed by atoms with Crippen molar-refractivity contribution in [1.82, 2.24) is 0 Å². The van der Waals surface area contributed by atoms with Crippen molar-refractivity contribution in [3.8, 4) is 6.07 Å². The maximum atomic E-state index is 11.6. The Hall–Kier alpha value is -2.13. The molecule has 5 nitrogen and oxygen atoms in total. The molecule has 0 bridgehead atoms. The van der Waals surface area contributed by atoms with E-state index in [1.807, 2.05) is 0 Å². The Bertz CT molecular complexity index is 625. The number of hydrogen-bond acceptors (Lipinski definition) is 4. The van der Waals surface area contributed by atoms with E-state index in [9.17, 15) is 14.9 Å². The fraction of sp³-hybridized carbons (Fsp3) is 0.357. The molecule has 104 valence electrons. The summed E-state index contributed by atoms with van der Waals surface area (Å²) in [7, 11) is 0. The number of nitrogens with zero attached hydrogens (tertiary/aromatic N) is 1. The Labute approximate surface area is 120 Å². The first-order valence-electron chi connectivity index (χ1n) is 6.28. The highest BCUT2D eigenvalue weighted by atomic mass is 32.1. The molecule has 1 unspecified atom stereocenters. The van der Waals surface area contributed by atoms with Gasteiger partial charge in [-0.05, 0) is 30.7 Å². The van der Waals surface area contributed by atoms with E-state index in [0.717, 1.165) is 41.9 Å². The van der Waals surface area contributed by atoms with Crippen LogP contribution in [-0.2, 0) is 22.4 Å². The first-order valence-corrected chi connectivity index (χ1v) is 7.09. The summed E-state index contributed by atoms with van der Waals surface area (Å²) in [5.41, 5.74) is 1.56. The van der Waals surface area contributed by atoms with E-state index in [2.05, 4.69) is 18.3 Å². The van der Waals surface area contributed by atoms with Crippen molar-refractivity contribution in [2.24, 2.45) is 5.92 Å². The van der Waals surface area contributed by atoms with Crippen LogP contribution in [0.15, 0.2) is 12.2 Å². The van der Waals surface area contributed by atoms with Gasteiger partial charge in [0.05, 0.1) is 5.56 Å². The van der Waals surface area contributed by atoms with Gasteiger partial charge in [0.2, 0.25) is 5.91 Å². The quantitative estimate of drug-likeness (QED) is 0.836. The van der Waals surface area contributed by atoms with Gasteiger partial charge >= 0.3 is 5.97 Å². The monoisotopic (exact) mass is 290 g/mol. The third kappa shape index (κ3) is 3.06. The van der Waals surface area contributed by atoms with Crippen molar-refractivity contribution in [2.75, 3.05) is 5.32 Å². The van der Waals surface area contributed by atoms with Crippen LogP contribution in [0.25, 0.3) is 0 Å². The molecule has 0 saturated heterocycles. The van der Waals surface area contributed by atoms with Gasteiger partial charge in [-0.15, -0.1) is 11.3 Å². The summed E-state index contributed by atoms with van der Waals surface area (Å²) in [4.78, 5) is 23.1. The molecule has 6 heteroatoms. The average molecular weight is 290 g/mol. The zero-order chi connectivity index (χ0) is 14.7. The van der Waals surface area contributed by atoms with E-state index in [4.69, 9.17) is 5.11 Å². The molecule has 1 aromatic heterocycles. The maximum Gasteiger partial charge on any atom is 0.328 e. The molecule has 2 rings (SSSR count). The topological polar surface area (TPSA) is 90.2 Å². The maximum absolute atomic E-state index is 11.6. The number of carbonyl (C=O) groups excluding carboxylic acids is 1. The van der Waals surface area contributed by atoms with Crippen LogP contribution in [0.2, 0.25) is 0 Å². The van der Waals surface area contributed by atoms with Crippen molar-refractivity contribution in [1.29, 1.82) is 5.26 Å². The number of fused-ring (bicyclic) bond motifs is 1. The van der Waals surface area contributed by atoms with Crippen molar-refractivity contribution in [3.63, 3.8) is 0 Å². The highest BCUT2D eigenvalue weighted by Gasteiger charge is 2.24. The van der Waals surface area contributed by atoms with Gasteiger partial charge in [-0.3, -0.25) is 4.79 Å². The lowest BCUT2D eigenvalue weighted by Gasteiger charge is -2.17. The molecule has 0 aromatic carbocycles. The summed E-state index contributed by atoms with van der Waals surface area (Å²) in [6, 6.07) is 2.14. The van der Waals surface area contributed by atoms with Crippen LogP contribution >= 0.6 is 11.3 Å². The van der Waals surface area contributed by atoms with E-state index in [1.165, 1.54) is 11.3 Å². The summed E-state index contributed by atoms with van der Waals surface area (Å²) in [6.45, 7) is 2.17. The Kier molecular flexibility index (Phi) is 4.20. The number of rotatable bonds is 3. The normalized spacial score (nSPS) is 17.5. The number of aliphatic carboxylic acids is 1. The number of carboxylic acid groups (broad SMARTS) is 1. The summed E-state index contributed by atoms with van der Waals surface area (Å²) >= 11 is 1.42. The van der Waals surface area contributed by atoms with Gasteiger partial charge in [-0.1, -0.05) is 6.92 Å². The number of anilines is 1. The molecule has 1 aliphatic carbocycles. The predicted octanol–water partition coefficient (Wildman–Crippen LogP) is 2.32. The molecule has 0 radical (unpaired) electrons. The zero-order valence-electron chi connectivity index (χ0n) is 11.0. The van der Waals surface area contributed by atoms with E-state index < -0.39 is 11.9 Å². The molecule has 1 atom stereocenters. The third-order valence-corrected chi connectivity index (χ3v) is 4.41. The van der Waals surface area contributed by atoms with Crippen LogP contribution in [0.1, 0.15) is 29.3 Å². The van der Waals surface area contributed by atoms with Crippen molar-refractivity contribution >= 4 is 28.2 Å². The number of thiophene rings is 1. The smallest absolute Gasteiger partial charge is 0.328 e. The molecule has 1 amide bonds. The minimum absolute atomic E-state index is 0.520. The van der Waals surface area contributed by atoms with E-state index in [0.29, 0.717) is 16.5 Å². The van der Waals surface area contributed by atoms with Gasteiger partial charge in [0.25, 0.3) is 0 Å². The third-order valence-electron chi connectivity index (χ3n) is 3.24. The molecule has 1 aliphatic rings. The predicted molar refractivity (Wildman–Crippen MR) is 75.6 cm³/mol. The molecule has 1 aromatic rings. The lowest BCUT2D eigenvalue weighted by molar-refractivity contribution is -0.131. The number of hydrogen-bond donors (Lipinski definition) is 2. The van der Waals surface area contributed by atoms with Crippen LogP contribution in [-0.4, -0.2) is 17.0 Å². The fourth-order valence-electron chi connectivity index (χ4n) is 2.26. The SMILES string of the molecule is CC1CCc2c(sc(NC(=O)/C=C/C(=O)O)c2C#N)C1. The fourth-order valence-corrected chi connectivity index (χ4v) is 3.62. The van der Waals surface area contributed by atoms with Crippen LogP contribution in [0, 0.1) is 17.2 Å². The van der Waals surface area contributed by atoms with E-state index in [1.54, 1.807) is 0 Å².